The molecular weight excluding hydrogens is 347 g/mol. The van der Waals surface area contributed by atoms with Gasteiger partial charge in [0.25, 0.3) is 5.91 Å². The van der Waals surface area contributed by atoms with Crippen LogP contribution < -0.4 is 4.90 Å². The van der Waals surface area contributed by atoms with Crippen LogP contribution in [0.2, 0.25) is 0 Å². The molecule has 1 fully saturated rings. The summed E-state index contributed by atoms with van der Waals surface area (Å²) in [5.74, 6) is -1.61. The summed E-state index contributed by atoms with van der Waals surface area (Å²) in [4.78, 5) is 26.4. The van der Waals surface area contributed by atoms with E-state index < -0.39 is 11.8 Å². The average molecular weight is 366 g/mol. The van der Waals surface area contributed by atoms with E-state index >= 15 is 0 Å². The third-order valence-electron chi connectivity index (χ3n) is 4.64. The minimum Gasteiger partial charge on any atom is -0.465 e. The Bertz CT molecular complexity index is 945. The zero-order chi connectivity index (χ0) is 19.6. The maximum atomic E-state index is 15.0. The lowest BCUT2D eigenvalue weighted by atomic mass is 10.0. The first-order chi connectivity index (χ1) is 13.0. The molecular formula is C21H19FN2O3. The zero-order valence-electron chi connectivity index (χ0n) is 15.2. The van der Waals surface area contributed by atoms with E-state index in [9.17, 15) is 14.0 Å². The molecule has 1 aliphatic carbocycles. The lowest BCUT2D eigenvalue weighted by Gasteiger charge is -2.25. The highest BCUT2D eigenvalue weighted by molar-refractivity contribution is 6.07. The van der Waals surface area contributed by atoms with E-state index in [1.165, 1.54) is 30.2 Å². The van der Waals surface area contributed by atoms with Crippen LogP contribution in [0.15, 0.2) is 36.4 Å². The number of benzene rings is 2. The molecule has 0 saturated heterocycles. The first-order valence-corrected chi connectivity index (χ1v) is 8.65. The van der Waals surface area contributed by atoms with Crippen molar-refractivity contribution in [3.63, 3.8) is 0 Å². The molecule has 0 aliphatic heterocycles. The highest BCUT2D eigenvalue weighted by atomic mass is 19.1. The number of hydrogen-bond acceptors (Lipinski definition) is 4. The van der Waals surface area contributed by atoms with Crippen LogP contribution in [0.1, 0.15) is 44.7 Å². The van der Waals surface area contributed by atoms with Gasteiger partial charge in [0.1, 0.15) is 0 Å². The lowest BCUT2D eigenvalue weighted by molar-refractivity contribution is 0.0595. The lowest BCUT2D eigenvalue weighted by Crippen LogP contribution is -2.34. The number of aryl methyl sites for hydroxylation is 1. The van der Waals surface area contributed by atoms with Gasteiger partial charge >= 0.3 is 5.97 Å². The Morgan fingerprint density at radius 1 is 1.26 bits per heavy atom. The molecule has 0 aromatic heterocycles. The first-order valence-electron chi connectivity index (χ1n) is 8.65. The number of esters is 1. The van der Waals surface area contributed by atoms with Crippen LogP contribution in [0.4, 0.5) is 10.1 Å². The van der Waals surface area contributed by atoms with Crippen LogP contribution in [0.3, 0.4) is 0 Å². The molecule has 3 rings (SSSR count). The van der Waals surface area contributed by atoms with Crippen molar-refractivity contribution >= 4 is 17.6 Å². The molecule has 2 aromatic carbocycles. The highest BCUT2D eigenvalue weighted by Gasteiger charge is 2.31. The second-order valence-electron chi connectivity index (χ2n) is 6.63. The molecule has 0 N–H and O–H groups in total. The summed E-state index contributed by atoms with van der Waals surface area (Å²) in [5, 5.41) is 9.01. The fourth-order valence-corrected chi connectivity index (χ4v) is 2.96. The summed E-state index contributed by atoms with van der Waals surface area (Å²) in [7, 11) is 1.18. The van der Waals surface area contributed by atoms with Crippen LogP contribution in [0.25, 0.3) is 0 Å². The van der Waals surface area contributed by atoms with Crippen molar-refractivity contribution < 1.29 is 18.7 Å². The number of ether oxygens (including phenoxy) is 1. The topological polar surface area (TPSA) is 70.4 Å². The molecule has 27 heavy (non-hydrogen) atoms. The maximum absolute atomic E-state index is 15.0. The number of rotatable bonds is 5. The largest absolute Gasteiger partial charge is 0.465 e. The number of nitrogens with zero attached hydrogens (tertiary/aromatic N) is 2. The van der Waals surface area contributed by atoms with Crippen molar-refractivity contribution in [2.45, 2.75) is 19.8 Å². The quantitative estimate of drug-likeness (QED) is 0.754. The van der Waals surface area contributed by atoms with E-state index in [1.807, 2.05) is 6.07 Å². The first kappa shape index (κ1) is 18.6. The smallest absolute Gasteiger partial charge is 0.340 e. The van der Waals surface area contributed by atoms with Gasteiger partial charge in [0.15, 0.2) is 5.82 Å². The standard InChI is InChI=1S/C21H19FN2O3/c1-13-10-15(11-23)8-9-16(13)20(25)24(12-14-6-7-14)18-5-3-4-17(19(18)22)21(26)27-2/h3-5,8-10,14H,6-7,12H2,1-2H3. The Morgan fingerprint density at radius 2 is 2.00 bits per heavy atom. The molecule has 0 heterocycles. The van der Waals surface area contributed by atoms with Gasteiger partial charge in [-0.15, -0.1) is 0 Å². The minimum atomic E-state index is -0.789. The summed E-state index contributed by atoms with van der Waals surface area (Å²) in [6, 6.07) is 11.2. The van der Waals surface area contributed by atoms with E-state index in [0.29, 0.717) is 29.2 Å². The van der Waals surface area contributed by atoms with Gasteiger partial charge in [0.05, 0.1) is 30.0 Å². The second-order valence-corrected chi connectivity index (χ2v) is 6.63. The van der Waals surface area contributed by atoms with E-state index in [2.05, 4.69) is 4.74 Å². The van der Waals surface area contributed by atoms with E-state index in [1.54, 1.807) is 25.1 Å². The molecule has 1 aliphatic rings. The summed E-state index contributed by atoms with van der Waals surface area (Å²) in [6.07, 6.45) is 1.96. The Kier molecular flexibility index (Phi) is 5.22. The number of amides is 1. The van der Waals surface area contributed by atoms with Gasteiger partial charge in [-0.1, -0.05) is 6.07 Å². The molecule has 1 amide bonds. The van der Waals surface area contributed by atoms with Gasteiger partial charge in [-0.25, -0.2) is 9.18 Å². The predicted octanol–water partition coefficient (Wildman–Crippen LogP) is 3.85. The number of carbonyl (C=O) groups excluding carboxylic acids is 2. The minimum absolute atomic E-state index is 0.0542. The number of halogens is 1. The number of nitriles is 1. The molecule has 2 aromatic rings. The summed E-state index contributed by atoms with van der Waals surface area (Å²) in [5.41, 5.74) is 1.34. The monoisotopic (exact) mass is 366 g/mol. The Balaban J connectivity index is 2.04. The van der Waals surface area contributed by atoms with Crippen LogP contribution in [0, 0.1) is 30.0 Å². The molecule has 5 nitrogen and oxygen atoms in total. The van der Waals surface area contributed by atoms with Crippen LogP contribution in [-0.4, -0.2) is 25.5 Å². The molecule has 0 bridgehead atoms. The van der Waals surface area contributed by atoms with Crippen molar-refractivity contribution in [1.29, 1.82) is 5.26 Å². The molecule has 0 unspecified atom stereocenters. The Morgan fingerprint density at radius 3 is 2.59 bits per heavy atom. The Hall–Kier alpha value is -3.20. The summed E-state index contributed by atoms with van der Waals surface area (Å²) >= 11 is 0. The van der Waals surface area contributed by atoms with E-state index in [-0.39, 0.29) is 17.2 Å². The third kappa shape index (κ3) is 3.82. The average Bonchev–Trinajstić information content (AvgIpc) is 3.49. The maximum Gasteiger partial charge on any atom is 0.340 e. The van der Waals surface area contributed by atoms with Crippen LogP contribution >= 0.6 is 0 Å². The predicted molar refractivity (Wildman–Crippen MR) is 98.0 cm³/mol. The molecule has 1 saturated carbocycles. The van der Waals surface area contributed by atoms with Gasteiger partial charge < -0.3 is 9.64 Å². The molecule has 0 radical (unpaired) electrons. The normalized spacial score (nSPS) is 13.0. The molecule has 138 valence electrons. The van der Waals surface area contributed by atoms with Gasteiger partial charge in [-0.05, 0) is 61.6 Å². The van der Waals surface area contributed by atoms with Gasteiger partial charge in [0.2, 0.25) is 0 Å². The van der Waals surface area contributed by atoms with Crippen molar-refractivity contribution in [3.05, 3.63) is 64.5 Å². The van der Waals surface area contributed by atoms with Gasteiger partial charge in [0, 0.05) is 12.1 Å². The number of carbonyl (C=O) groups is 2. The fraction of sp³-hybridized carbons (Fsp3) is 0.286. The Labute approximate surface area is 157 Å². The summed E-state index contributed by atoms with van der Waals surface area (Å²) in [6.45, 7) is 2.12. The zero-order valence-corrected chi connectivity index (χ0v) is 15.2. The molecule has 6 heteroatoms. The number of anilines is 1. The number of hydrogen-bond donors (Lipinski definition) is 0. The fourth-order valence-electron chi connectivity index (χ4n) is 2.96. The van der Waals surface area contributed by atoms with Crippen molar-refractivity contribution in [1.82, 2.24) is 0 Å². The van der Waals surface area contributed by atoms with Gasteiger partial charge in [-0.2, -0.15) is 5.26 Å². The SMILES string of the molecule is COC(=O)c1cccc(N(CC2CC2)C(=O)c2ccc(C#N)cc2C)c1F. The van der Waals surface area contributed by atoms with E-state index in [4.69, 9.17) is 5.26 Å². The summed E-state index contributed by atoms with van der Waals surface area (Å²) < 4.78 is 19.6. The van der Waals surface area contributed by atoms with Crippen LogP contribution in [0.5, 0.6) is 0 Å². The number of methoxy groups -OCH3 is 1. The highest BCUT2D eigenvalue weighted by Crippen LogP contribution is 2.34. The van der Waals surface area contributed by atoms with Crippen molar-refractivity contribution in [2.24, 2.45) is 5.92 Å². The van der Waals surface area contributed by atoms with Crippen molar-refractivity contribution in [3.8, 4) is 6.07 Å². The van der Waals surface area contributed by atoms with Crippen LogP contribution in [-0.2, 0) is 4.74 Å². The van der Waals surface area contributed by atoms with E-state index in [0.717, 1.165) is 12.8 Å². The third-order valence-corrected chi connectivity index (χ3v) is 4.64. The molecule has 0 spiro atoms. The van der Waals surface area contributed by atoms with Gasteiger partial charge in [-0.3, -0.25) is 4.79 Å². The molecule has 0 atom stereocenters. The van der Waals surface area contributed by atoms with Crippen molar-refractivity contribution in [2.75, 3.05) is 18.6 Å². The second kappa shape index (κ2) is 7.58.